The van der Waals surface area contributed by atoms with Gasteiger partial charge in [-0.25, -0.2) is 9.59 Å². The lowest BCUT2D eigenvalue weighted by atomic mass is 10.3. The van der Waals surface area contributed by atoms with E-state index in [4.69, 9.17) is 13.9 Å². The maximum atomic E-state index is 12.4. The quantitative estimate of drug-likeness (QED) is 0.922. The predicted octanol–water partition coefficient (Wildman–Crippen LogP) is 2.64. The molecule has 2 heterocycles. The van der Waals surface area contributed by atoms with Gasteiger partial charge in [0.25, 0.3) is 0 Å². The number of carbonyl (C=O) groups is 1. The van der Waals surface area contributed by atoms with Gasteiger partial charge in [0, 0.05) is 30.8 Å². The summed E-state index contributed by atoms with van der Waals surface area (Å²) < 4.78 is 15.9. The van der Waals surface area contributed by atoms with E-state index in [1.165, 1.54) is 6.07 Å². The molecule has 1 unspecified atom stereocenters. The highest BCUT2D eigenvalue weighted by atomic mass is 16.5. The van der Waals surface area contributed by atoms with Crippen LogP contribution in [0, 0.1) is 6.92 Å². The Morgan fingerprint density at radius 1 is 1.28 bits per heavy atom. The highest BCUT2D eigenvalue weighted by Gasteiger charge is 2.28. The molecule has 1 aliphatic heterocycles. The van der Waals surface area contributed by atoms with Crippen LogP contribution < -0.4 is 20.4 Å². The number of methoxy groups -OCH3 is 1. The smallest absolute Gasteiger partial charge is 0.339 e. The van der Waals surface area contributed by atoms with Crippen molar-refractivity contribution in [3.8, 4) is 11.5 Å². The van der Waals surface area contributed by atoms with Gasteiger partial charge in [-0.15, -0.1) is 0 Å². The highest BCUT2D eigenvalue weighted by Crippen LogP contribution is 2.20. The summed E-state index contributed by atoms with van der Waals surface area (Å²) in [6.45, 7) is 2.73. The molecule has 0 spiro atoms. The fourth-order valence-corrected chi connectivity index (χ4v) is 2.75. The number of ether oxygens (including phenoxy) is 2. The van der Waals surface area contributed by atoms with Gasteiger partial charge in [0.1, 0.15) is 23.4 Å². The summed E-state index contributed by atoms with van der Waals surface area (Å²) in [7, 11) is 1.58. The molecule has 1 aromatic heterocycles. The molecule has 0 aliphatic carbocycles. The fraction of sp³-hybridized carbons (Fsp3) is 0.333. The molecular formula is C18H20N2O5. The fourth-order valence-electron chi connectivity index (χ4n) is 2.75. The number of amides is 2. The van der Waals surface area contributed by atoms with Crippen LogP contribution in [0.2, 0.25) is 0 Å². The minimum absolute atomic E-state index is 0.155. The molecule has 7 nitrogen and oxygen atoms in total. The van der Waals surface area contributed by atoms with E-state index in [1.807, 2.05) is 12.1 Å². The Morgan fingerprint density at radius 3 is 2.88 bits per heavy atom. The molecule has 1 aliphatic rings. The molecule has 2 amide bonds. The molecule has 0 saturated carbocycles. The van der Waals surface area contributed by atoms with Gasteiger partial charge in [-0.1, -0.05) is 6.07 Å². The number of anilines is 1. The summed E-state index contributed by atoms with van der Waals surface area (Å²) in [4.78, 5) is 25.4. The van der Waals surface area contributed by atoms with Crippen molar-refractivity contribution in [2.75, 3.05) is 25.5 Å². The van der Waals surface area contributed by atoms with Crippen LogP contribution in [0.4, 0.5) is 10.5 Å². The number of nitrogens with zero attached hydrogens (tertiary/aromatic N) is 1. The van der Waals surface area contributed by atoms with Gasteiger partial charge in [-0.3, -0.25) is 0 Å². The SMILES string of the molecule is COc1cccc(NC(=O)N2CCC(Oc3cc(C)oc(=O)c3)C2)c1. The lowest BCUT2D eigenvalue weighted by molar-refractivity contribution is 0.193. The summed E-state index contributed by atoms with van der Waals surface area (Å²) in [6.07, 6.45) is 0.544. The van der Waals surface area contributed by atoms with Crippen LogP contribution in [0.15, 0.2) is 45.6 Å². The monoisotopic (exact) mass is 344 g/mol. The molecule has 1 fully saturated rings. The molecule has 25 heavy (non-hydrogen) atoms. The Hall–Kier alpha value is -2.96. The zero-order valence-electron chi connectivity index (χ0n) is 14.2. The molecule has 1 aromatic carbocycles. The van der Waals surface area contributed by atoms with Crippen LogP contribution in [0.25, 0.3) is 0 Å². The van der Waals surface area contributed by atoms with E-state index >= 15 is 0 Å². The Kier molecular flexibility index (Phi) is 4.92. The molecule has 7 heteroatoms. The van der Waals surface area contributed by atoms with Gasteiger partial charge < -0.3 is 24.1 Å². The van der Waals surface area contributed by atoms with E-state index in [9.17, 15) is 9.59 Å². The third-order valence-corrected chi connectivity index (χ3v) is 3.92. The van der Waals surface area contributed by atoms with Crippen molar-refractivity contribution < 1.29 is 18.7 Å². The summed E-state index contributed by atoms with van der Waals surface area (Å²) in [5, 5.41) is 2.85. The van der Waals surface area contributed by atoms with Crippen LogP contribution in [0.1, 0.15) is 12.2 Å². The van der Waals surface area contributed by atoms with Crippen LogP contribution >= 0.6 is 0 Å². The summed E-state index contributed by atoms with van der Waals surface area (Å²) in [6, 6.07) is 9.97. The third-order valence-electron chi connectivity index (χ3n) is 3.92. The first kappa shape index (κ1) is 16.9. The topological polar surface area (TPSA) is 81.0 Å². The highest BCUT2D eigenvalue weighted by molar-refractivity contribution is 5.89. The van der Waals surface area contributed by atoms with E-state index in [-0.39, 0.29) is 12.1 Å². The van der Waals surface area contributed by atoms with Gasteiger partial charge in [-0.05, 0) is 19.1 Å². The molecule has 1 atom stereocenters. The average molecular weight is 344 g/mol. The van der Waals surface area contributed by atoms with E-state index in [1.54, 1.807) is 37.1 Å². The number of carbonyl (C=O) groups excluding carboxylic acids is 1. The van der Waals surface area contributed by atoms with Crippen LogP contribution in [-0.4, -0.2) is 37.2 Å². The maximum absolute atomic E-state index is 12.4. The normalized spacial score (nSPS) is 16.6. The van der Waals surface area contributed by atoms with Crippen LogP contribution in [0.3, 0.4) is 0 Å². The largest absolute Gasteiger partial charge is 0.497 e. The first-order chi connectivity index (χ1) is 12.0. The molecule has 0 bridgehead atoms. The van der Waals surface area contributed by atoms with Crippen LogP contribution in [0.5, 0.6) is 11.5 Å². The minimum Gasteiger partial charge on any atom is -0.497 e. The number of aryl methyl sites for hydroxylation is 1. The summed E-state index contributed by atoms with van der Waals surface area (Å²) in [5.74, 6) is 1.64. The third kappa shape index (κ3) is 4.32. The van der Waals surface area contributed by atoms with Gasteiger partial charge in [0.05, 0.1) is 19.7 Å². The Balaban J connectivity index is 1.58. The lowest BCUT2D eigenvalue weighted by Gasteiger charge is -2.18. The second kappa shape index (κ2) is 7.29. The summed E-state index contributed by atoms with van der Waals surface area (Å²) >= 11 is 0. The van der Waals surface area contributed by atoms with E-state index < -0.39 is 5.63 Å². The number of urea groups is 1. The zero-order chi connectivity index (χ0) is 17.8. The van der Waals surface area contributed by atoms with Crippen molar-refractivity contribution in [3.63, 3.8) is 0 Å². The summed E-state index contributed by atoms with van der Waals surface area (Å²) in [5.41, 5.74) is 0.227. The molecule has 1 N–H and O–H groups in total. The van der Waals surface area contributed by atoms with Crippen molar-refractivity contribution in [3.05, 3.63) is 52.6 Å². The van der Waals surface area contributed by atoms with Crippen molar-refractivity contribution in [1.29, 1.82) is 0 Å². The Morgan fingerprint density at radius 2 is 2.12 bits per heavy atom. The lowest BCUT2D eigenvalue weighted by Crippen LogP contribution is -2.34. The minimum atomic E-state index is -0.444. The van der Waals surface area contributed by atoms with E-state index in [2.05, 4.69) is 5.32 Å². The molecule has 2 aromatic rings. The van der Waals surface area contributed by atoms with Crippen molar-refractivity contribution in [2.24, 2.45) is 0 Å². The zero-order valence-corrected chi connectivity index (χ0v) is 14.2. The number of rotatable bonds is 4. The van der Waals surface area contributed by atoms with Gasteiger partial charge in [0.2, 0.25) is 0 Å². The molecular weight excluding hydrogens is 324 g/mol. The standard InChI is InChI=1S/C18H20N2O5/c1-12-8-16(10-17(21)24-12)25-15-6-7-20(11-15)18(22)19-13-4-3-5-14(9-13)23-2/h3-5,8-10,15H,6-7,11H2,1-2H3,(H,19,22). The second-order valence-electron chi connectivity index (χ2n) is 5.86. The van der Waals surface area contributed by atoms with E-state index in [0.717, 1.165) is 0 Å². The Bertz CT molecular complexity index is 817. The predicted molar refractivity (Wildman–Crippen MR) is 92.3 cm³/mol. The number of likely N-dealkylation sites (tertiary alicyclic amines) is 1. The first-order valence-corrected chi connectivity index (χ1v) is 8.02. The molecule has 132 valence electrons. The van der Waals surface area contributed by atoms with E-state index in [0.29, 0.717) is 42.5 Å². The maximum Gasteiger partial charge on any atom is 0.339 e. The number of hydrogen-bond donors (Lipinski definition) is 1. The molecule has 3 rings (SSSR count). The number of nitrogens with one attached hydrogen (secondary N) is 1. The average Bonchev–Trinajstić information content (AvgIpc) is 3.02. The van der Waals surface area contributed by atoms with Gasteiger partial charge in [-0.2, -0.15) is 0 Å². The second-order valence-corrected chi connectivity index (χ2v) is 5.86. The van der Waals surface area contributed by atoms with Crippen molar-refractivity contribution in [2.45, 2.75) is 19.4 Å². The van der Waals surface area contributed by atoms with Gasteiger partial charge in [0.15, 0.2) is 0 Å². The van der Waals surface area contributed by atoms with Gasteiger partial charge >= 0.3 is 11.7 Å². The Labute approximate surface area is 145 Å². The number of hydrogen-bond acceptors (Lipinski definition) is 5. The number of benzene rings is 1. The van der Waals surface area contributed by atoms with Crippen LogP contribution in [-0.2, 0) is 0 Å². The first-order valence-electron chi connectivity index (χ1n) is 8.02. The molecule has 1 saturated heterocycles. The van der Waals surface area contributed by atoms with Crippen molar-refractivity contribution in [1.82, 2.24) is 4.90 Å². The van der Waals surface area contributed by atoms with Crippen molar-refractivity contribution >= 4 is 11.7 Å². The molecule has 0 radical (unpaired) electrons.